The number of hydrogen-bond donors (Lipinski definition) is 1. The van der Waals surface area contributed by atoms with Crippen LogP contribution >= 0.6 is 0 Å². The molecule has 2 rings (SSSR count). The number of carbonyl (C=O) groups excluding carboxylic acids is 2. The van der Waals surface area contributed by atoms with Gasteiger partial charge in [0, 0.05) is 19.5 Å². The zero-order valence-corrected chi connectivity index (χ0v) is 11.5. The Bertz CT molecular complexity index is 339. The van der Waals surface area contributed by atoms with Gasteiger partial charge in [0.2, 0.25) is 11.8 Å². The molecule has 1 saturated heterocycles. The number of carbonyl (C=O) groups is 2. The predicted molar refractivity (Wildman–Crippen MR) is 70.0 cm³/mol. The van der Waals surface area contributed by atoms with E-state index in [1.807, 2.05) is 18.7 Å². The van der Waals surface area contributed by atoms with E-state index in [1.54, 1.807) is 0 Å². The smallest absolute Gasteiger partial charge is 0.248 e. The van der Waals surface area contributed by atoms with E-state index >= 15 is 0 Å². The molecule has 0 aromatic heterocycles. The zero-order valence-electron chi connectivity index (χ0n) is 11.5. The van der Waals surface area contributed by atoms with Crippen LogP contribution in [-0.2, 0) is 9.59 Å². The lowest BCUT2D eigenvalue weighted by molar-refractivity contribution is -0.138. The molecule has 0 aromatic rings. The van der Waals surface area contributed by atoms with Crippen LogP contribution in [0.2, 0.25) is 0 Å². The SMILES string of the molecule is CCC1(C)NC(=O)CCN(CCC2CCC2)C1=O. The average Bonchev–Trinajstić information content (AvgIpc) is 2.39. The molecule has 0 bridgehead atoms. The topological polar surface area (TPSA) is 49.4 Å². The highest BCUT2D eigenvalue weighted by atomic mass is 16.2. The Morgan fingerprint density at radius 1 is 1.39 bits per heavy atom. The minimum Gasteiger partial charge on any atom is -0.342 e. The fraction of sp³-hybridized carbons (Fsp3) is 0.857. The number of nitrogens with zero attached hydrogens (tertiary/aromatic N) is 1. The van der Waals surface area contributed by atoms with Crippen LogP contribution in [0.1, 0.15) is 52.4 Å². The molecule has 0 aromatic carbocycles. The summed E-state index contributed by atoms with van der Waals surface area (Å²) < 4.78 is 0. The summed E-state index contributed by atoms with van der Waals surface area (Å²) in [5, 5.41) is 2.87. The molecule has 2 aliphatic rings. The van der Waals surface area contributed by atoms with Crippen molar-refractivity contribution in [2.75, 3.05) is 13.1 Å². The summed E-state index contributed by atoms with van der Waals surface area (Å²) in [5.74, 6) is 0.895. The van der Waals surface area contributed by atoms with E-state index in [0.717, 1.165) is 18.9 Å². The lowest BCUT2D eigenvalue weighted by Crippen LogP contribution is -2.54. The largest absolute Gasteiger partial charge is 0.342 e. The molecular weight excluding hydrogens is 228 g/mol. The van der Waals surface area contributed by atoms with Gasteiger partial charge in [-0.15, -0.1) is 0 Å². The van der Waals surface area contributed by atoms with Gasteiger partial charge in [0.1, 0.15) is 5.54 Å². The zero-order chi connectivity index (χ0) is 13.2. The first-order valence-electron chi connectivity index (χ1n) is 7.15. The lowest BCUT2D eigenvalue weighted by atomic mass is 9.83. The van der Waals surface area contributed by atoms with E-state index < -0.39 is 5.54 Å². The van der Waals surface area contributed by atoms with Crippen molar-refractivity contribution >= 4 is 11.8 Å². The molecule has 2 amide bonds. The Balaban J connectivity index is 1.99. The van der Waals surface area contributed by atoms with Crippen LogP contribution in [-0.4, -0.2) is 35.3 Å². The highest BCUT2D eigenvalue weighted by Gasteiger charge is 2.39. The fourth-order valence-corrected chi connectivity index (χ4v) is 2.68. The van der Waals surface area contributed by atoms with Crippen molar-refractivity contribution in [3.8, 4) is 0 Å². The third-order valence-electron chi connectivity index (χ3n) is 4.52. The molecule has 1 aliphatic heterocycles. The van der Waals surface area contributed by atoms with Crippen LogP contribution in [0.25, 0.3) is 0 Å². The first-order valence-corrected chi connectivity index (χ1v) is 7.15. The Kier molecular flexibility index (Phi) is 3.93. The lowest BCUT2D eigenvalue weighted by Gasteiger charge is -2.33. The van der Waals surface area contributed by atoms with Gasteiger partial charge in [-0.05, 0) is 25.7 Å². The van der Waals surface area contributed by atoms with E-state index in [2.05, 4.69) is 5.32 Å². The molecule has 2 fully saturated rings. The molecule has 0 radical (unpaired) electrons. The van der Waals surface area contributed by atoms with E-state index in [9.17, 15) is 9.59 Å². The molecule has 1 atom stereocenters. The van der Waals surface area contributed by atoms with Gasteiger partial charge < -0.3 is 10.2 Å². The summed E-state index contributed by atoms with van der Waals surface area (Å²) >= 11 is 0. The fourth-order valence-electron chi connectivity index (χ4n) is 2.68. The van der Waals surface area contributed by atoms with Gasteiger partial charge in [0.05, 0.1) is 0 Å². The second-order valence-electron chi connectivity index (χ2n) is 5.86. The van der Waals surface area contributed by atoms with Crippen molar-refractivity contribution in [2.45, 2.75) is 57.9 Å². The number of rotatable bonds is 4. The van der Waals surface area contributed by atoms with E-state index in [-0.39, 0.29) is 11.8 Å². The van der Waals surface area contributed by atoms with Gasteiger partial charge in [0.15, 0.2) is 0 Å². The van der Waals surface area contributed by atoms with Crippen LogP contribution in [0.5, 0.6) is 0 Å². The molecule has 1 heterocycles. The molecule has 4 heteroatoms. The molecule has 0 spiro atoms. The van der Waals surface area contributed by atoms with Crippen LogP contribution < -0.4 is 5.32 Å². The third-order valence-corrected chi connectivity index (χ3v) is 4.52. The Morgan fingerprint density at radius 3 is 2.67 bits per heavy atom. The minimum atomic E-state index is -0.701. The normalized spacial score (nSPS) is 29.8. The van der Waals surface area contributed by atoms with Crippen LogP contribution in [0.15, 0.2) is 0 Å². The van der Waals surface area contributed by atoms with Crippen LogP contribution in [0.3, 0.4) is 0 Å². The number of hydrogen-bond acceptors (Lipinski definition) is 2. The second-order valence-corrected chi connectivity index (χ2v) is 5.86. The van der Waals surface area contributed by atoms with Crippen molar-refractivity contribution in [3.05, 3.63) is 0 Å². The number of nitrogens with one attached hydrogen (secondary N) is 1. The maximum absolute atomic E-state index is 12.5. The first kappa shape index (κ1) is 13.4. The summed E-state index contributed by atoms with van der Waals surface area (Å²) in [7, 11) is 0. The standard InChI is InChI=1S/C14H24N2O2/c1-3-14(2)13(18)16(10-8-12(17)15-14)9-7-11-5-4-6-11/h11H,3-10H2,1-2H3,(H,15,17). The number of amides is 2. The Morgan fingerprint density at radius 2 is 2.11 bits per heavy atom. The molecule has 4 nitrogen and oxygen atoms in total. The van der Waals surface area contributed by atoms with Gasteiger partial charge >= 0.3 is 0 Å². The average molecular weight is 252 g/mol. The van der Waals surface area contributed by atoms with Gasteiger partial charge in [-0.25, -0.2) is 0 Å². The minimum absolute atomic E-state index is 0.00107. The Labute approximate surface area is 109 Å². The molecule has 1 saturated carbocycles. The van der Waals surface area contributed by atoms with Crippen molar-refractivity contribution in [1.82, 2.24) is 10.2 Å². The maximum atomic E-state index is 12.5. The summed E-state index contributed by atoms with van der Waals surface area (Å²) in [4.78, 5) is 26.0. The van der Waals surface area contributed by atoms with Crippen LogP contribution in [0, 0.1) is 5.92 Å². The van der Waals surface area contributed by atoms with Gasteiger partial charge in [-0.3, -0.25) is 9.59 Å². The molecule has 18 heavy (non-hydrogen) atoms. The first-order chi connectivity index (χ1) is 8.55. The molecule has 102 valence electrons. The van der Waals surface area contributed by atoms with Gasteiger partial charge in [0.25, 0.3) is 0 Å². The molecule has 1 N–H and O–H groups in total. The monoisotopic (exact) mass is 252 g/mol. The highest BCUT2D eigenvalue weighted by molar-refractivity contribution is 5.93. The predicted octanol–water partition coefficient (Wildman–Crippen LogP) is 1.69. The molecule has 1 aliphatic carbocycles. The Hall–Kier alpha value is -1.06. The second kappa shape index (κ2) is 5.29. The summed E-state index contributed by atoms with van der Waals surface area (Å²) in [6, 6.07) is 0. The molecular formula is C14H24N2O2. The summed E-state index contributed by atoms with van der Waals surface area (Å²) in [5.41, 5.74) is -0.701. The summed E-state index contributed by atoms with van der Waals surface area (Å²) in [6.07, 6.45) is 6.14. The molecule has 1 unspecified atom stereocenters. The van der Waals surface area contributed by atoms with E-state index in [4.69, 9.17) is 0 Å². The van der Waals surface area contributed by atoms with E-state index in [1.165, 1.54) is 19.3 Å². The van der Waals surface area contributed by atoms with Crippen molar-refractivity contribution in [1.29, 1.82) is 0 Å². The highest BCUT2D eigenvalue weighted by Crippen LogP contribution is 2.30. The third kappa shape index (κ3) is 2.68. The summed E-state index contributed by atoms with van der Waals surface area (Å²) in [6.45, 7) is 5.18. The van der Waals surface area contributed by atoms with Crippen molar-refractivity contribution < 1.29 is 9.59 Å². The van der Waals surface area contributed by atoms with Crippen molar-refractivity contribution in [2.24, 2.45) is 5.92 Å². The maximum Gasteiger partial charge on any atom is 0.248 e. The quantitative estimate of drug-likeness (QED) is 0.828. The van der Waals surface area contributed by atoms with Gasteiger partial charge in [-0.1, -0.05) is 26.2 Å². The van der Waals surface area contributed by atoms with Crippen molar-refractivity contribution in [3.63, 3.8) is 0 Å². The van der Waals surface area contributed by atoms with Gasteiger partial charge in [-0.2, -0.15) is 0 Å². The van der Waals surface area contributed by atoms with Crippen LogP contribution in [0.4, 0.5) is 0 Å². The van der Waals surface area contributed by atoms with E-state index in [0.29, 0.717) is 19.4 Å².